The van der Waals surface area contributed by atoms with E-state index in [0.29, 0.717) is 18.9 Å². The minimum absolute atomic E-state index is 0.0299. The van der Waals surface area contributed by atoms with Crippen LogP contribution in [-0.4, -0.2) is 23.1 Å². The lowest BCUT2D eigenvalue weighted by Crippen LogP contribution is -2.33. The van der Waals surface area contributed by atoms with Crippen LogP contribution in [0.25, 0.3) is 0 Å². The topological polar surface area (TPSA) is 138 Å². The highest BCUT2D eigenvalue weighted by atomic mass is 15.1. The molecular weight excluding hydrogens is 340 g/mol. The maximum absolute atomic E-state index is 8.77. The van der Waals surface area contributed by atoms with Crippen molar-refractivity contribution >= 4 is 5.82 Å². The van der Waals surface area contributed by atoms with Gasteiger partial charge in [-0.25, -0.2) is 9.97 Å². The van der Waals surface area contributed by atoms with Crippen LogP contribution in [0.15, 0.2) is 66.0 Å². The molecule has 1 aliphatic heterocycles. The van der Waals surface area contributed by atoms with Crippen molar-refractivity contribution < 1.29 is 0 Å². The molecule has 0 saturated carbocycles. The Balaban J connectivity index is 1.56. The summed E-state index contributed by atoms with van der Waals surface area (Å²) >= 11 is 0. The highest BCUT2D eigenvalue weighted by Crippen LogP contribution is 2.14. The summed E-state index contributed by atoms with van der Waals surface area (Å²) in [7, 11) is 0. The summed E-state index contributed by atoms with van der Waals surface area (Å²) in [6.07, 6.45) is 5.59. The average Bonchev–Trinajstić information content (AvgIpc) is 2.71. The maximum atomic E-state index is 8.77. The summed E-state index contributed by atoms with van der Waals surface area (Å²) in [5, 5.41) is 18.4. The number of allylic oxidation sites excluding steroid dienone is 1. The second-order valence-corrected chi connectivity index (χ2v) is 6.11. The SMILES string of the molecule is N#Cc1cnc(NC2=CC(NCC[C@@H](N)c3ccccc3)=C(N)CN2)cn1. The van der Waals surface area contributed by atoms with Crippen molar-refractivity contribution in [3.63, 3.8) is 0 Å². The van der Waals surface area contributed by atoms with Gasteiger partial charge in [-0.2, -0.15) is 5.26 Å². The maximum Gasteiger partial charge on any atom is 0.158 e. The molecular formula is C19H22N8. The highest BCUT2D eigenvalue weighted by molar-refractivity contribution is 5.44. The molecule has 8 heteroatoms. The quantitative estimate of drug-likeness (QED) is 0.493. The molecule has 0 fully saturated rings. The van der Waals surface area contributed by atoms with E-state index in [1.807, 2.05) is 42.5 Å². The summed E-state index contributed by atoms with van der Waals surface area (Å²) in [5.74, 6) is 1.29. The third kappa shape index (κ3) is 4.96. The zero-order chi connectivity index (χ0) is 19.1. The van der Waals surface area contributed by atoms with E-state index in [1.54, 1.807) is 0 Å². The van der Waals surface area contributed by atoms with Crippen molar-refractivity contribution in [3.05, 3.63) is 77.3 Å². The monoisotopic (exact) mass is 362 g/mol. The number of nitriles is 1. The first kappa shape index (κ1) is 18.2. The Morgan fingerprint density at radius 1 is 1.22 bits per heavy atom. The van der Waals surface area contributed by atoms with Crippen molar-refractivity contribution in [2.75, 3.05) is 18.4 Å². The largest absolute Gasteiger partial charge is 0.399 e. The Morgan fingerprint density at radius 3 is 2.74 bits per heavy atom. The lowest BCUT2D eigenvalue weighted by atomic mass is 10.0. The number of hydrogen-bond acceptors (Lipinski definition) is 8. The molecule has 7 N–H and O–H groups in total. The van der Waals surface area contributed by atoms with Gasteiger partial charge in [-0.1, -0.05) is 30.3 Å². The van der Waals surface area contributed by atoms with Gasteiger partial charge >= 0.3 is 0 Å². The minimum Gasteiger partial charge on any atom is -0.399 e. The predicted molar refractivity (Wildman–Crippen MR) is 104 cm³/mol. The van der Waals surface area contributed by atoms with Crippen molar-refractivity contribution in [1.29, 1.82) is 5.26 Å². The van der Waals surface area contributed by atoms with Crippen LogP contribution in [0, 0.1) is 11.3 Å². The van der Waals surface area contributed by atoms with E-state index in [4.69, 9.17) is 16.7 Å². The third-order valence-electron chi connectivity index (χ3n) is 4.13. The van der Waals surface area contributed by atoms with E-state index >= 15 is 0 Å². The Labute approximate surface area is 158 Å². The van der Waals surface area contributed by atoms with Gasteiger partial charge in [-0.3, -0.25) is 0 Å². The average molecular weight is 362 g/mol. The van der Waals surface area contributed by atoms with E-state index in [1.165, 1.54) is 12.4 Å². The normalized spacial score (nSPS) is 14.6. The second-order valence-electron chi connectivity index (χ2n) is 6.11. The summed E-state index contributed by atoms with van der Waals surface area (Å²) in [4.78, 5) is 8.13. The molecule has 0 spiro atoms. The molecule has 1 aromatic carbocycles. The summed E-state index contributed by atoms with van der Waals surface area (Å²) in [6, 6.07) is 11.9. The Kier molecular flexibility index (Phi) is 5.87. The molecule has 1 atom stereocenters. The highest BCUT2D eigenvalue weighted by Gasteiger charge is 2.12. The lowest BCUT2D eigenvalue weighted by Gasteiger charge is -2.22. The van der Waals surface area contributed by atoms with E-state index in [-0.39, 0.29) is 11.7 Å². The van der Waals surface area contributed by atoms with Crippen LogP contribution in [-0.2, 0) is 0 Å². The molecule has 27 heavy (non-hydrogen) atoms. The fraction of sp³-hybridized carbons (Fsp3) is 0.211. The molecule has 138 valence electrons. The fourth-order valence-corrected chi connectivity index (χ4v) is 2.64. The van der Waals surface area contributed by atoms with Crippen LogP contribution in [0.3, 0.4) is 0 Å². The van der Waals surface area contributed by atoms with Gasteiger partial charge in [-0.15, -0.1) is 0 Å². The zero-order valence-electron chi connectivity index (χ0n) is 14.8. The fourth-order valence-electron chi connectivity index (χ4n) is 2.64. The predicted octanol–water partition coefficient (Wildman–Crippen LogP) is 1.05. The summed E-state index contributed by atoms with van der Waals surface area (Å²) in [5.41, 5.74) is 15.3. The third-order valence-corrected chi connectivity index (χ3v) is 4.13. The molecule has 0 radical (unpaired) electrons. The van der Waals surface area contributed by atoms with Crippen LogP contribution in [0.4, 0.5) is 5.82 Å². The van der Waals surface area contributed by atoms with Gasteiger partial charge in [0, 0.05) is 18.7 Å². The van der Waals surface area contributed by atoms with Crippen molar-refractivity contribution in [1.82, 2.24) is 20.6 Å². The van der Waals surface area contributed by atoms with Crippen LogP contribution < -0.4 is 27.4 Å². The second kappa shape index (κ2) is 8.69. The van der Waals surface area contributed by atoms with Gasteiger partial charge in [0.05, 0.1) is 30.3 Å². The molecule has 2 heterocycles. The minimum atomic E-state index is -0.0299. The van der Waals surface area contributed by atoms with Crippen LogP contribution >= 0.6 is 0 Å². The Morgan fingerprint density at radius 2 is 2.04 bits per heavy atom. The molecule has 0 aliphatic carbocycles. The number of nitrogens with two attached hydrogens (primary N) is 2. The first-order valence-corrected chi connectivity index (χ1v) is 8.63. The van der Waals surface area contributed by atoms with Crippen LogP contribution in [0.5, 0.6) is 0 Å². The first-order valence-electron chi connectivity index (χ1n) is 8.63. The number of dihydropyridines is 1. The van der Waals surface area contributed by atoms with Crippen molar-refractivity contribution in [2.24, 2.45) is 11.5 Å². The Hall–Kier alpha value is -3.57. The lowest BCUT2D eigenvalue weighted by molar-refractivity contribution is 0.614. The number of nitrogens with one attached hydrogen (secondary N) is 3. The van der Waals surface area contributed by atoms with Gasteiger partial charge in [0.25, 0.3) is 0 Å². The zero-order valence-corrected chi connectivity index (χ0v) is 14.8. The molecule has 3 rings (SSSR count). The summed E-state index contributed by atoms with van der Waals surface area (Å²) < 4.78 is 0. The molecule has 2 aromatic rings. The summed E-state index contributed by atoms with van der Waals surface area (Å²) in [6.45, 7) is 1.21. The van der Waals surface area contributed by atoms with E-state index in [2.05, 4.69) is 25.9 Å². The number of benzene rings is 1. The van der Waals surface area contributed by atoms with Gasteiger partial charge in [0.2, 0.25) is 0 Å². The Bertz CT molecular complexity index is 865. The number of anilines is 1. The molecule has 0 unspecified atom stereocenters. The molecule has 0 amide bonds. The number of nitrogens with zero attached hydrogens (tertiary/aromatic N) is 3. The number of rotatable bonds is 7. The van der Waals surface area contributed by atoms with E-state index in [0.717, 1.165) is 29.2 Å². The van der Waals surface area contributed by atoms with E-state index < -0.39 is 0 Å². The molecule has 8 nitrogen and oxygen atoms in total. The number of hydrogen-bond donors (Lipinski definition) is 5. The molecule has 1 aromatic heterocycles. The van der Waals surface area contributed by atoms with Crippen LogP contribution in [0.1, 0.15) is 23.7 Å². The first-order chi connectivity index (χ1) is 13.2. The van der Waals surface area contributed by atoms with Crippen LogP contribution in [0.2, 0.25) is 0 Å². The van der Waals surface area contributed by atoms with E-state index in [9.17, 15) is 0 Å². The molecule has 0 saturated heterocycles. The van der Waals surface area contributed by atoms with Gasteiger partial charge < -0.3 is 27.4 Å². The smallest absolute Gasteiger partial charge is 0.158 e. The van der Waals surface area contributed by atoms with Gasteiger partial charge in [-0.05, 0) is 12.0 Å². The molecule has 1 aliphatic rings. The van der Waals surface area contributed by atoms with Crippen molar-refractivity contribution in [3.8, 4) is 6.07 Å². The standard InChI is InChI=1S/C19H22N8/c20-9-14-10-25-19(12-24-14)27-18-8-17(16(22)11-26-18)23-7-6-15(21)13-4-2-1-3-5-13/h1-5,8,10,12,15,23,26H,6-7,11,21-22H2,(H,25,27)/t15-/m1/s1. The van der Waals surface area contributed by atoms with Gasteiger partial charge in [0.1, 0.15) is 17.7 Å². The number of aromatic nitrogens is 2. The van der Waals surface area contributed by atoms with Crippen molar-refractivity contribution in [2.45, 2.75) is 12.5 Å². The molecule has 0 bridgehead atoms. The van der Waals surface area contributed by atoms with Gasteiger partial charge in [0.15, 0.2) is 5.69 Å².